The van der Waals surface area contributed by atoms with Crippen molar-refractivity contribution in [1.82, 2.24) is 10.3 Å². The largest absolute Gasteiger partial charge is 0.325 e. The van der Waals surface area contributed by atoms with E-state index in [9.17, 15) is 24.0 Å². The average molecular weight is 639 g/mol. The first kappa shape index (κ1) is 30.9. The first-order valence-corrected chi connectivity index (χ1v) is 15.5. The zero-order valence-electron chi connectivity index (χ0n) is 24.7. The van der Waals surface area contributed by atoms with Crippen LogP contribution in [-0.2, 0) is 9.59 Å². The molecule has 3 N–H and O–H groups in total. The Hall–Kier alpha value is -6.13. The van der Waals surface area contributed by atoms with Gasteiger partial charge in [0.2, 0.25) is 5.91 Å². The SMILES string of the molecule is O=C(CSc1cccc(NC(=O)/C(=C\c2cccnc2)NC(=O)c2ccccc2)c1)Nc1cccc2c1C(=O)c1ccccc1C2=O. The van der Waals surface area contributed by atoms with Crippen molar-refractivity contribution in [3.05, 3.63) is 161 Å². The van der Waals surface area contributed by atoms with Crippen molar-refractivity contribution >= 4 is 58.5 Å². The number of thioether (sulfide) groups is 1. The molecular weight excluding hydrogens is 612 g/mol. The van der Waals surface area contributed by atoms with Gasteiger partial charge >= 0.3 is 0 Å². The Labute approximate surface area is 274 Å². The van der Waals surface area contributed by atoms with Crippen LogP contribution < -0.4 is 16.0 Å². The van der Waals surface area contributed by atoms with Crippen LogP contribution in [0.25, 0.3) is 6.08 Å². The van der Waals surface area contributed by atoms with Gasteiger partial charge in [-0.15, -0.1) is 11.8 Å². The van der Waals surface area contributed by atoms with Crippen LogP contribution in [0.1, 0.15) is 47.8 Å². The lowest BCUT2D eigenvalue weighted by molar-refractivity contribution is -0.114. The summed E-state index contributed by atoms with van der Waals surface area (Å²) in [4.78, 5) is 70.3. The van der Waals surface area contributed by atoms with Crippen LogP contribution in [0, 0.1) is 0 Å². The monoisotopic (exact) mass is 638 g/mol. The molecule has 0 radical (unpaired) electrons. The van der Waals surface area contributed by atoms with Gasteiger partial charge in [0, 0.05) is 45.2 Å². The van der Waals surface area contributed by atoms with Gasteiger partial charge in [-0.1, -0.05) is 66.7 Å². The van der Waals surface area contributed by atoms with Crippen molar-refractivity contribution in [2.45, 2.75) is 4.90 Å². The lowest BCUT2D eigenvalue weighted by atomic mass is 9.83. The Morgan fingerprint density at radius 1 is 0.723 bits per heavy atom. The summed E-state index contributed by atoms with van der Waals surface area (Å²) >= 11 is 1.23. The van der Waals surface area contributed by atoms with Gasteiger partial charge in [-0.05, 0) is 54.1 Å². The molecule has 4 aromatic carbocycles. The van der Waals surface area contributed by atoms with Crippen LogP contribution in [0.5, 0.6) is 0 Å². The maximum atomic E-state index is 13.4. The predicted octanol–water partition coefficient (Wildman–Crippen LogP) is 6.00. The Kier molecular flexibility index (Phi) is 9.12. The molecule has 230 valence electrons. The van der Waals surface area contributed by atoms with Crippen LogP contribution in [0.4, 0.5) is 11.4 Å². The molecule has 0 unspecified atom stereocenters. The standard InChI is InChI=1S/C37H26N4O5S/c42-32(40-30-17-7-16-29-33(30)35(44)28-15-5-4-14-27(28)34(29)43)22-47-26-13-6-12-25(20-26)39-37(46)31(19-23-9-8-18-38-21-23)41-36(45)24-10-2-1-3-11-24/h1-21H,22H2,(H,39,46)(H,40,42)(H,41,45)/b31-19+. The van der Waals surface area contributed by atoms with Gasteiger partial charge in [-0.2, -0.15) is 0 Å². The first-order chi connectivity index (χ1) is 22.9. The van der Waals surface area contributed by atoms with Crippen LogP contribution in [0.2, 0.25) is 0 Å². The van der Waals surface area contributed by atoms with E-state index in [1.807, 2.05) is 0 Å². The summed E-state index contributed by atoms with van der Waals surface area (Å²) in [6.07, 6.45) is 4.71. The third-order valence-electron chi connectivity index (χ3n) is 7.21. The molecule has 0 bridgehead atoms. The number of anilines is 2. The van der Waals surface area contributed by atoms with Gasteiger partial charge in [0.25, 0.3) is 11.8 Å². The van der Waals surface area contributed by atoms with Crippen molar-refractivity contribution in [3.63, 3.8) is 0 Å². The highest BCUT2D eigenvalue weighted by atomic mass is 32.2. The second kappa shape index (κ2) is 13.9. The van der Waals surface area contributed by atoms with Crippen molar-refractivity contribution in [1.29, 1.82) is 0 Å². The highest BCUT2D eigenvalue weighted by Gasteiger charge is 2.31. The highest BCUT2D eigenvalue weighted by Crippen LogP contribution is 2.32. The van der Waals surface area contributed by atoms with E-state index in [0.717, 1.165) is 0 Å². The number of amides is 3. The smallest absolute Gasteiger partial charge is 0.272 e. The quantitative estimate of drug-likeness (QED) is 0.131. The molecule has 1 heterocycles. The van der Waals surface area contributed by atoms with E-state index >= 15 is 0 Å². The van der Waals surface area contributed by atoms with Crippen LogP contribution in [0.15, 0.2) is 132 Å². The molecule has 1 aliphatic rings. The second-order valence-corrected chi connectivity index (χ2v) is 11.5. The zero-order chi connectivity index (χ0) is 32.8. The average Bonchev–Trinajstić information content (AvgIpc) is 3.10. The van der Waals surface area contributed by atoms with Gasteiger partial charge in [-0.3, -0.25) is 29.0 Å². The lowest BCUT2D eigenvalue weighted by Crippen LogP contribution is -2.30. The molecule has 0 saturated carbocycles. The van der Waals surface area contributed by atoms with E-state index in [2.05, 4.69) is 20.9 Å². The number of pyridine rings is 1. The molecule has 10 heteroatoms. The zero-order valence-corrected chi connectivity index (χ0v) is 25.5. The highest BCUT2D eigenvalue weighted by molar-refractivity contribution is 8.00. The van der Waals surface area contributed by atoms with Gasteiger partial charge in [0.05, 0.1) is 17.0 Å². The van der Waals surface area contributed by atoms with E-state index in [1.165, 1.54) is 17.8 Å². The Morgan fingerprint density at radius 2 is 1.45 bits per heavy atom. The molecular formula is C37H26N4O5S. The molecule has 6 rings (SSSR count). The van der Waals surface area contributed by atoms with Crippen LogP contribution in [0.3, 0.4) is 0 Å². The number of nitrogens with one attached hydrogen (secondary N) is 3. The Morgan fingerprint density at radius 3 is 2.21 bits per heavy atom. The van der Waals surface area contributed by atoms with E-state index in [4.69, 9.17) is 0 Å². The third kappa shape index (κ3) is 7.08. The summed E-state index contributed by atoms with van der Waals surface area (Å²) in [5.41, 5.74) is 2.83. The number of rotatable bonds is 9. The molecule has 47 heavy (non-hydrogen) atoms. The number of carbonyl (C=O) groups is 5. The van der Waals surface area contributed by atoms with E-state index < -0.39 is 11.8 Å². The van der Waals surface area contributed by atoms with Crippen molar-refractivity contribution < 1.29 is 24.0 Å². The number of carbonyl (C=O) groups excluding carboxylic acids is 5. The van der Waals surface area contributed by atoms with Crippen molar-refractivity contribution in [2.75, 3.05) is 16.4 Å². The van der Waals surface area contributed by atoms with Gasteiger partial charge in [0.15, 0.2) is 11.6 Å². The second-order valence-electron chi connectivity index (χ2n) is 10.4. The molecule has 9 nitrogen and oxygen atoms in total. The number of fused-ring (bicyclic) bond motifs is 2. The maximum absolute atomic E-state index is 13.4. The third-order valence-corrected chi connectivity index (χ3v) is 8.21. The molecule has 0 spiro atoms. The van der Waals surface area contributed by atoms with Crippen LogP contribution in [-0.4, -0.2) is 40.0 Å². The fourth-order valence-electron chi connectivity index (χ4n) is 5.02. The number of aromatic nitrogens is 1. The van der Waals surface area contributed by atoms with Crippen molar-refractivity contribution in [2.24, 2.45) is 0 Å². The summed E-state index contributed by atoms with van der Waals surface area (Å²) in [6.45, 7) is 0. The van der Waals surface area contributed by atoms with Gasteiger partial charge < -0.3 is 16.0 Å². The number of hydrogen-bond donors (Lipinski definition) is 3. The number of benzene rings is 4. The first-order valence-electron chi connectivity index (χ1n) is 14.5. The number of ketones is 2. The number of hydrogen-bond acceptors (Lipinski definition) is 7. The lowest BCUT2D eigenvalue weighted by Gasteiger charge is -2.20. The van der Waals surface area contributed by atoms with Gasteiger partial charge in [0.1, 0.15) is 5.70 Å². The summed E-state index contributed by atoms with van der Waals surface area (Å²) in [5, 5.41) is 8.29. The minimum atomic E-state index is -0.548. The molecule has 1 aliphatic carbocycles. The van der Waals surface area contributed by atoms with E-state index in [0.29, 0.717) is 32.8 Å². The summed E-state index contributed by atoms with van der Waals surface area (Å²) in [7, 11) is 0. The molecule has 3 amide bonds. The topological polar surface area (TPSA) is 134 Å². The fraction of sp³-hybridized carbons (Fsp3) is 0.0270. The summed E-state index contributed by atoms with van der Waals surface area (Å²) in [6, 6.07) is 30.4. The molecule has 1 aromatic heterocycles. The molecule has 5 aromatic rings. The van der Waals surface area contributed by atoms with E-state index in [-0.39, 0.29) is 45.7 Å². The summed E-state index contributed by atoms with van der Waals surface area (Å²) < 4.78 is 0. The molecule has 0 aliphatic heterocycles. The molecule has 0 atom stereocenters. The van der Waals surface area contributed by atoms with E-state index in [1.54, 1.807) is 122 Å². The minimum Gasteiger partial charge on any atom is -0.325 e. The Bertz CT molecular complexity index is 2060. The Balaban J connectivity index is 1.13. The fourth-order valence-corrected chi connectivity index (χ4v) is 5.77. The molecule has 0 saturated heterocycles. The minimum absolute atomic E-state index is 0.000908. The molecule has 0 fully saturated rings. The van der Waals surface area contributed by atoms with Crippen molar-refractivity contribution in [3.8, 4) is 0 Å². The summed E-state index contributed by atoms with van der Waals surface area (Å²) in [5.74, 6) is -1.95. The predicted molar refractivity (Wildman–Crippen MR) is 180 cm³/mol. The maximum Gasteiger partial charge on any atom is 0.272 e. The van der Waals surface area contributed by atoms with Crippen LogP contribution >= 0.6 is 11.8 Å². The van der Waals surface area contributed by atoms with Gasteiger partial charge in [-0.25, -0.2) is 0 Å². The number of nitrogens with zero attached hydrogens (tertiary/aromatic N) is 1. The normalized spacial score (nSPS) is 12.0.